The van der Waals surface area contributed by atoms with Gasteiger partial charge in [0, 0.05) is 0 Å². The molecule has 1 atom stereocenters. The van der Waals surface area contributed by atoms with Gasteiger partial charge in [-0.05, 0) is 0 Å². The summed E-state index contributed by atoms with van der Waals surface area (Å²) in [5.74, 6) is 0. The summed E-state index contributed by atoms with van der Waals surface area (Å²) in [6, 6.07) is 0. The predicted molar refractivity (Wildman–Crippen MR) is 87.2 cm³/mol. The van der Waals surface area contributed by atoms with Crippen LogP contribution in [-0.2, 0) is 4.43 Å². The maximum atomic E-state index is 5.94. The summed E-state index contributed by atoms with van der Waals surface area (Å²) in [4.78, 5) is 2.21. The number of hydrogen-bond donors (Lipinski definition) is 0. The van der Waals surface area contributed by atoms with Crippen molar-refractivity contribution < 1.29 is 4.43 Å². The van der Waals surface area contributed by atoms with Crippen LogP contribution in [0.5, 0.6) is 0 Å². The Morgan fingerprint density at radius 3 is 1.72 bits per heavy atom. The molecule has 5 heteroatoms. The molecule has 0 heterocycles. The van der Waals surface area contributed by atoms with Crippen LogP contribution in [0.25, 0.3) is 0 Å². The van der Waals surface area contributed by atoms with Crippen LogP contribution in [0.1, 0.15) is 27.2 Å². The molecule has 0 aliphatic carbocycles. The molecule has 0 N–H and O–H groups in total. The van der Waals surface area contributed by atoms with E-state index in [1.54, 1.807) is 0 Å². The second-order valence-electron chi connectivity index (χ2n) is 7.40. The molecule has 0 radical (unpaired) electrons. The summed E-state index contributed by atoms with van der Waals surface area (Å²) in [6.45, 7) is 14.6. The zero-order valence-electron chi connectivity index (χ0n) is 14.6. The molecule has 0 aliphatic rings. The van der Waals surface area contributed by atoms with Crippen molar-refractivity contribution in [3.8, 4) is 0 Å². The SMILES string of the molecule is [Li][CH2]CCN(C)C.[Li][CH](O[Si](C)(C)C)C(C)(C)C. The van der Waals surface area contributed by atoms with Gasteiger partial charge in [-0.15, -0.1) is 0 Å². The third-order valence-electron chi connectivity index (χ3n) is 2.71. The molecule has 0 aromatic carbocycles. The van der Waals surface area contributed by atoms with E-state index in [0.717, 1.165) is 0 Å². The van der Waals surface area contributed by atoms with Crippen LogP contribution in [0, 0.1) is 5.41 Å². The van der Waals surface area contributed by atoms with E-state index < -0.39 is 8.32 Å². The quantitative estimate of drug-likeness (QED) is 0.704. The van der Waals surface area contributed by atoms with Crippen molar-refractivity contribution in [2.24, 2.45) is 5.41 Å². The van der Waals surface area contributed by atoms with Crippen LogP contribution in [0.3, 0.4) is 0 Å². The molecule has 0 aromatic heterocycles. The molecular formula is C13H31Li2NOSi. The fraction of sp³-hybridized carbons (Fsp3) is 1.00. The summed E-state index contributed by atoms with van der Waals surface area (Å²) in [6.07, 6.45) is 1.33. The number of rotatable bonds is 5. The van der Waals surface area contributed by atoms with E-state index in [-0.39, 0.29) is 5.41 Å². The Balaban J connectivity index is 0. The third-order valence-corrected chi connectivity index (χ3v) is 3.77. The molecule has 0 saturated carbocycles. The van der Waals surface area contributed by atoms with Crippen LogP contribution in [0.4, 0.5) is 0 Å². The van der Waals surface area contributed by atoms with E-state index in [9.17, 15) is 0 Å². The molecular weight excluding hydrogens is 228 g/mol. The zero-order chi connectivity index (χ0) is 15.0. The van der Waals surface area contributed by atoms with Crippen LogP contribution in [0.15, 0.2) is 0 Å². The molecule has 0 aromatic rings. The van der Waals surface area contributed by atoms with Gasteiger partial charge in [0.1, 0.15) is 0 Å². The summed E-state index contributed by atoms with van der Waals surface area (Å²) < 4.78 is 6.31. The Kier molecular flexibility index (Phi) is 12.2. The van der Waals surface area contributed by atoms with Crippen molar-refractivity contribution in [3.63, 3.8) is 0 Å². The predicted octanol–water partition coefficient (Wildman–Crippen LogP) is 2.90. The van der Waals surface area contributed by atoms with Gasteiger partial charge in [-0.25, -0.2) is 0 Å². The first-order chi connectivity index (χ1) is 7.90. The van der Waals surface area contributed by atoms with E-state index in [2.05, 4.69) is 94.8 Å². The van der Waals surface area contributed by atoms with Crippen LogP contribution in [-0.4, -0.2) is 74.1 Å². The second kappa shape index (κ2) is 10.1. The molecule has 0 bridgehead atoms. The minimum absolute atomic E-state index is 0.278. The van der Waals surface area contributed by atoms with Gasteiger partial charge in [0.25, 0.3) is 0 Å². The zero-order valence-corrected chi connectivity index (χ0v) is 15.6. The van der Waals surface area contributed by atoms with E-state index in [1.807, 2.05) is 0 Å². The van der Waals surface area contributed by atoms with E-state index in [4.69, 9.17) is 4.43 Å². The summed E-state index contributed by atoms with van der Waals surface area (Å²) >= 11 is 4.38. The Morgan fingerprint density at radius 1 is 1.17 bits per heavy atom. The van der Waals surface area contributed by atoms with Crippen LogP contribution < -0.4 is 0 Å². The molecule has 18 heavy (non-hydrogen) atoms. The molecule has 0 rings (SSSR count). The number of nitrogens with zero attached hydrogens (tertiary/aromatic N) is 1. The molecule has 1 unspecified atom stereocenters. The Bertz CT molecular complexity index is 200. The van der Waals surface area contributed by atoms with Gasteiger partial charge in [0.15, 0.2) is 0 Å². The molecule has 2 nitrogen and oxygen atoms in total. The molecule has 0 aliphatic heterocycles. The minimum atomic E-state index is -1.33. The van der Waals surface area contributed by atoms with Gasteiger partial charge in [-0.2, -0.15) is 0 Å². The first-order valence-corrected chi connectivity index (χ1v) is 10.6. The Hall–Kier alpha value is 1.33. The van der Waals surface area contributed by atoms with Crippen molar-refractivity contribution in [2.75, 3.05) is 20.6 Å². The fourth-order valence-corrected chi connectivity index (χ4v) is 2.60. The normalized spacial score (nSPS) is 14.3. The summed E-state index contributed by atoms with van der Waals surface area (Å²) in [5.41, 5.74) is 0.278. The Labute approximate surface area is 135 Å². The average molecular weight is 259 g/mol. The number of hydrogen-bond acceptors (Lipinski definition) is 2. The average Bonchev–Trinajstić information content (AvgIpc) is 2.11. The van der Waals surface area contributed by atoms with Crippen LogP contribution in [0.2, 0.25) is 24.7 Å². The van der Waals surface area contributed by atoms with Crippen molar-refractivity contribution in [1.82, 2.24) is 4.90 Å². The van der Waals surface area contributed by atoms with Gasteiger partial charge >= 0.3 is 136 Å². The molecule has 100 valence electrons. The standard InChI is InChI=1S/C8H19OSi.C5H12N.2Li/c1-8(2,3)7-9-10(4,5)6;1-4-5-6(2)3;;/h7H,1-6H3;1,4-5H2,2-3H3;;. The maximum absolute atomic E-state index is 5.94. The van der Waals surface area contributed by atoms with Crippen molar-refractivity contribution >= 4 is 43.7 Å². The molecule has 0 fully saturated rings. The topological polar surface area (TPSA) is 12.5 Å². The van der Waals surface area contributed by atoms with E-state index in [0.29, 0.717) is 4.78 Å². The van der Waals surface area contributed by atoms with E-state index in [1.165, 1.54) is 18.1 Å². The van der Waals surface area contributed by atoms with Gasteiger partial charge in [-0.3, -0.25) is 0 Å². The first-order valence-electron chi connectivity index (χ1n) is 7.22. The van der Waals surface area contributed by atoms with Crippen molar-refractivity contribution in [3.05, 3.63) is 0 Å². The van der Waals surface area contributed by atoms with E-state index >= 15 is 0 Å². The molecule has 0 saturated heterocycles. The van der Waals surface area contributed by atoms with Crippen molar-refractivity contribution in [1.29, 1.82) is 0 Å². The monoisotopic (exact) mass is 259 g/mol. The van der Waals surface area contributed by atoms with Gasteiger partial charge in [0.05, 0.1) is 0 Å². The van der Waals surface area contributed by atoms with Crippen LogP contribution >= 0.6 is 0 Å². The van der Waals surface area contributed by atoms with Gasteiger partial charge < -0.3 is 0 Å². The molecule has 0 amide bonds. The summed E-state index contributed by atoms with van der Waals surface area (Å²) in [7, 11) is 2.88. The van der Waals surface area contributed by atoms with Gasteiger partial charge in [0.2, 0.25) is 0 Å². The second-order valence-corrected chi connectivity index (χ2v) is 11.9. The third kappa shape index (κ3) is 17.3. The molecule has 0 spiro atoms. The first kappa shape index (κ1) is 21.6. The Morgan fingerprint density at radius 2 is 1.61 bits per heavy atom. The fourth-order valence-electron chi connectivity index (χ4n) is 1.18. The van der Waals surface area contributed by atoms with Gasteiger partial charge in [-0.1, -0.05) is 0 Å². The van der Waals surface area contributed by atoms with Crippen molar-refractivity contribution in [2.45, 2.75) is 56.7 Å². The summed E-state index contributed by atoms with van der Waals surface area (Å²) in [5, 5.41) is 1.30.